The Labute approximate surface area is 157 Å². The number of oxazole rings is 1. The summed E-state index contributed by atoms with van der Waals surface area (Å²) in [6.45, 7) is 3.77. The van der Waals surface area contributed by atoms with E-state index in [0.717, 1.165) is 5.56 Å². The minimum atomic E-state index is -0.475. The van der Waals surface area contributed by atoms with Crippen LogP contribution in [-0.4, -0.2) is 23.5 Å². The largest absolute Gasteiger partial charge is 0.462 e. The number of carbonyl (C=O) groups is 2. The quantitative estimate of drug-likeness (QED) is 0.669. The summed E-state index contributed by atoms with van der Waals surface area (Å²) in [6, 6.07) is 16.2. The number of benzene rings is 2. The number of aromatic nitrogens is 1. The van der Waals surface area contributed by atoms with Gasteiger partial charge < -0.3 is 14.5 Å². The number of anilines is 1. The Hall–Kier alpha value is -3.41. The summed E-state index contributed by atoms with van der Waals surface area (Å²) < 4.78 is 10.7. The molecule has 0 radical (unpaired) electrons. The molecule has 0 atom stereocenters. The number of nitrogens with one attached hydrogen (secondary N) is 1. The molecule has 0 aliphatic carbocycles. The van der Waals surface area contributed by atoms with E-state index < -0.39 is 5.97 Å². The molecule has 0 bridgehead atoms. The highest BCUT2D eigenvalue weighted by molar-refractivity contribution is 6.01. The van der Waals surface area contributed by atoms with Crippen molar-refractivity contribution in [2.45, 2.75) is 20.3 Å². The van der Waals surface area contributed by atoms with Crippen molar-refractivity contribution in [1.29, 1.82) is 0 Å². The molecule has 0 spiro atoms. The van der Waals surface area contributed by atoms with E-state index in [9.17, 15) is 9.59 Å². The lowest BCUT2D eigenvalue weighted by atomic mass is 10.1. The van der Waals surface area contributed by atoms with Crippen molar-refractivity contribution in [3.63, 3.8) is 0 Å². The van der Waals surface area contributed by atoms with Crippen LogP contribution in [0, 0.1) is 6.92 Å². The van der Waals surface area contributed by atoms with Crippen molar-refractivity contribution >= 4 is 17.6 Å². The fraction of sp³-hybridized carbons (Fsp3) is 0.190. The molecule has 1 heterocycles. The van der Waals surface area contributed by atoms with Gasteiger partial charge >= 0.3 is 5.97 Å². The van der Waals surface area contributed by atoms with E-state index in [2.05, 4.69) is 10.3 Å². The number of hydrogen-bond donors (Lipinski definition) is 1. The van der Waals surface area contributed by atoms with Crippen LogP contribution in [0.3, 0.4) is 0 Å². The Morgan fingerprint density at radius 1 is 1.07 bits per heavy atom. The molecule has 138 valence electrons. The summed E-state index contributed by atoms with van der Waals surface area (Å²) in [5, 5.41) is 2.75. The minimum absolute atomic E-state index is 0.0410. The van der Waals surface area contributed by atoms with Crippen molar-refractivity contribution in [2.24, 2.45) is 0 Å². The van der Waals surface area contributed by atoms with Gasteiger partial charge in [-0.3, -0.25) is 4.79 Å². The standard InChI is InChI=1S/C21H20N2O4/c1-3-26-21(25)16-11-7-8-12-17(16)22-19(24)13-18-14(2)27-20(23-18)15-9-5-4-6-10-15/h4-12H,3,13H2,1-2H3,(H,22,24). The normalized spacial score (nSPS) is 10.4. The molecule has 1 amide bonds. The molecule has 1 N–H and O–H groups in total. The molecule has 6 nitrogen and oxygen atoms in total. The van der Waals surface area contributed by atoms with Gasteiger partial charge in [-0.25, -0.2) is 9.78 Å². The van der Waals surface area contributed by atoms with Crippen molar-refractivity contribution in [3.8, 4) is 11.5 Å². The zero-order valence-corrected chi connectivity index (χ0v) is 15.2. The predicted octanol–water partition coefficient (Wildman–Crippen LogP) is 4.01. The van der Waals surface area contributed by atoms with Gasteiger partial charge in [-0.2, -0.15) is 0 Å². The molecule has 0 saturated heterocycles. The highest BCUT2D eigenvalue weighted by Crippen LogP contribution is 2.22. The van der Waals surface area contributed by atoms with Gasteiger partial charge in [0, 0.05) is 5.56 Å². The summed E-state index contributed by atoms with van der Waals surface area (Å²) in [5.41, 5.74) is 2.12. The van der Waals surface area contributed by atoms with Gasteiger partial charge in [-0.15, -0.1) is 0 Å². The van der Waals surface area contributed by atoms with Gasteiger partial charge in [-0.1, -0.05) is 30.3 Å². The summed E-state index contributed by atoms with van der Waals surface area (Å²) >= 11 is 0. The number of rotatable bonds is 6. The van der Waals surface area contributed by atoms with E-state index in [1.54, 1.807) is 38.1 Å². The molecule has 0 unspecified atom stereocenters. The van der Waals surface area contributed by atoms with Crippen molar-refractivity contribution < 1.29 is 18.7 Å². The smallest absolute Gasteiger partial charge is 0.340 e. The number of carbonyl (C=O) groups excluding carboxylic acids is 2. The number of nitrogens with zero attached hydrogens (tertiary/aromatic N) is 1. The Balaban J connectivity index is 1.74. The molecule has 1 aromatic heterocycles. The third-order valence-electron chi connectivity index (χ3n) is 3.94. The fourth-order valence-electron chi connectivity index (χ4n) is 2.62. The van der Waals surface area contributed by atoms with Crippen LogP contribution >= 0.6 is 0 Å². The first-order valence-corrected chi connectivity index (χ1v) is 8.66. The number of esters is 1. The number of para-hydroxylation sites is 1. The van der Waals surface area contributed by atoms with Gasteiger partial charge in [0.05, 0.1) is 30.0 Å². The van der Waals surface area contributed by atoms with Gasteiger partial charge in [-0.05, 0) is 38.1 Å². The van der Waals surface area contributed by atoms with Crippen LogP contribution in [0.15, 0.2) is 59.0 Å². The van der Waals surface area contributed by atoms with E-state index in [4.69, 9.17) is 9.15 Å². The first-order chi connectivity index (χ1) is 13.1. The van der Waals surface area contributed by atoms with Crippen LogP contribution < -0.4 is 5.32 Å². The minimum Gasteiger partial charge on any atom is -0.462 e. The summed E-state index contributed by atoms with van der Waals surface area (Å²) in [6.07, 6.45) is 0.0410. The van der Waals surface area contributed by atoms with E-state index in [-0.39, 0.29) is 18.9 Å². The van der Waals surface area contributed by atoms with Gasteiger partial charge in [0.2, 0.25) is 11.8 Å². The molecule has 0 fully saturated rings. The molecule has 0 aliphatic heterocycles. The van der Waals surface area contributed by atoms with Crippen LogP contribution in [0.2, 0.25) is 0 Å². The third-order valence-corrected chi connectivity index (χ3v) is 3.94. The SMILES string of the molecule is CCOC(=O)c1ccccc1NC(=O)Cc1nc(-c2ccccc2)oc1C. The Morgan fingerprint density at radius 3 is 2.52 bits per heavy atom. The second-order valence-electron chi connectivity index (χ2n) is 5.88. The zero-order valence-electron chi connectivity index (χ0n) is 15.2. The molecular weight excluding hydrogens is 344 g/mol. The van der Waals surface area contributed by atoms with Crippen LogP contribution in [0.25, 0.3) is 11.5 Å². The fourth-order valence-corrected chi connectivity index (χ4v) is 2.62. The van der Waals surface area contributed by atoms with Crippen molar-refractivity contribution in [1.82, 2.24) is 4.98 Å². The van der Waals surface area contributed by atoms with Crippen LogP contribution in [0.1, 0.15) is 28.7 Å². The molecular formula is C21H20N2O4. The molecule has 0 saturated carbocycles. The Kier molecular flexibility index (Phi) is 5.66. The number of amides is 1. The molecule has 0 aliphatic rings. The molecule has 6 heteroatoms. The monoisotopic (exact) mass is 364 g/mol. The maximum Gasteiger partial charge on any atom is 0.340 e. The predicted molar refractivity (Wildman–Crippen MR) is 101 cm³/mol. The molecule has 2 aromatic carbocycles. The second-order valence-corrected chi connectivity index (χ2v) is 5.88. The van der Waals surface area contributed by atoms with Crippen molar-refractivity contribution in [3.05, 3.63) is 71.6 Å². The van der Waals surface area contributed by atoms with E-state index in [1.807, 2.05) is 30.3 Å². The van der Waals surface area contributed by atoms with Gasteiger partial charge in [0.25, 0.3) is 0 Å². The van der Waals surface area contributed by atoms with E-state index in [1.165, 1.54) is 0 Å². The lowest BCUT2D eigenvalue weighted by Gasteiger charge is -2.09. The molecule has 27 heavy (non-hydrogen) atoms. The number of aryl methyl sites for hydroxylation is 1. The van der Waals surface area contributed by atoms with Gasteiger partial charge in [0.15, 0.2) is 0 Å². The molecule has 3 aromatic rings. The number of ether oxygens (including phenoxy) is 1. The molecule has 3 rings (SSSR count). The number of hydrogen-bond acceptors (Lipinski definition) is 5. The summed E-state index contributed by atoms with van der Waals surface area (Å²) in [4.78, 5) is 28.9. The van der Waals surface area contributed by atoms with Crippen LogP contribution in [-0.2, 0) is 16.0 Å². The zero-order chi connectivity index (χ0) is 19.2. The van der Waals surface area contributed by atoms with Crippen LogP contribution in [0.5, 0.6) is 0 Å². The van der Waals surface area contributed by atoms with E-state index >= 15 is 0 Å². The third kappa shape index (κ3) is 4.41. The lowest BCUT2D eigenvalue weighted by Crippen LogP contribution is -2.18. The average Bonchev–Trinajstić information content (AvgIpc) is 3.03. The second kappa shape index (κ2) is 8.31. The summed E-state index contributed by atoms with van der Waals surface area (Å²) in [5.74, 6) is 0.297. The first kappa shape index (κ1) is 18.4. The first-order valence-electron chi connectivity index (χ1n) is 8.66. The van der Waals surface area contributed by atoms with Crippen LogP contribution in [0.4, 0.5) is 5.69 Å². The Bertz CT molecular complexity index is 948. The van der Waals surface area contributed by atoms with E-state index in [0.29, 0.717) is 28.6 Å². The van der Waals surface area contributed by atoms with Crippen molar-refractivity contribution in [2.75, 3.05) is 11.9 Å². The Morgan fingerprint density at radius 2 is 1.78 bits per heavy atom. The lowest BCUT2D eigenvalue weighted by molar-refractivity contribution is -0.115. The average molecular weight is 364 g/mol. The highest BCUT2D eigenvalue weighted by Gasteiger charge is 2.17. The maximum absolute atomic E-state index is 12.5. The van der Waals surface area contributed by atoms with Gasteiger partial charge in [0.1, 0.15) is 5.76 Å². The highest BCUT2D eigenvalue weighted by atomic mass is 16.5. The topological polar surface area (TPSA) is 81.4 Å². The summed E-state index contributed by atoms with van der Waals surface area (Å²) in [7, 11) is 0. The maximum atomic E-state index is 12.5.